The standard InChI is InChI=1S/C13H20N2O3S/c1-10(2)9-15(7-5-13(17)18)12(16)4-3-11-14-6-8-19-11/h6,8,10H,3-5,7,9H2,1-2H3,(H,17,18). The highest BCUT2D eigenvalue weighted by molar-refractivity contribution is 7.09. The summed E-state index contributed by atoms with van der Waals surface area (Å²) in [5.74, 6) is -0.538. The Morgan fingerprint density at radius 1 is 1.42 bits per heavy atom. The fourth-order valence-corrected chi connectivity index (χ4v) is 2.36. The molecule has 0 spiro atoms. The summed E-state index contributed by atoms with van der Waals surface area (Å²) in [6, 6.07) is 0. The van der Waals surface area contributed by atoms with E-state index >= 15 is 0 Å². The minimum atomic E-state index is -0.874. The second-order valence-corrected chi connectivity index (χ2v) is 5.78. The van der Waals surface area contributed by atoms with Crippen molar-refractivity contribution in [3.05, 3.63) is 16.6 Å². The number of carbonyl (C=O) groups excluding carboxylic acids is 1. The molecule has 1 aromatic rings. The molecule has 0 fully saturated rings. The van der Waals surface area contributed by atoms with Gasteiger partial charge in [-0.05, 0) is 5.92 Å². The Balaban J connectivity index is 2.47. The summed E-state index contributed by atoms with van der Waals surface area (Å²) in [5.41, 5.74) is 0. The van der Waals surface area contributed by atoms with E-state index in [-0.39, 0.29) is 18.9 Å². The first-order chi connectivity index (χ1) is 8.99. The summed E-state index contributed by atoms with van der Waals surface area (Å²) in [6.07, 6.45) is 2.73. The van der Waals surface area contributed by atoms with E-state index in [1.54, 1.807) is 11.1 Å². The van der Waals surface area contributed by atoms with Crippen LogP contribution in [-0.2, 0) is 16.0 Å². The quantitative estimate of drug-likeness (QED) is 0.793. The van der Waals surface area contributed by atoms with Crippen molar-refractivity contribution in [2.75, 3.05) is 13.1 Å². The van der Waals surface area contributed by atoms with Gasteiger partial charge in [0.15, 0.2) is 0 Å². The number of aromatic nitrogens is 1. The van der Waals surface area contributed by atoms with Crippen LogP contribution in [0, 0.1) is 5.92 Å². The Labute approximate surface area is 117 Å². The summed E-state index contributed by atoms with van der Waals surface area (Å²) in [7, 11) is 0. The van der Waals surface area contributed by atoms with Crippen molar-refractivity contribution in [2.24, 2.45) is 5.92 Å². The molecule has 1 aromatic heterocycles. The average Bonchev–Trinajstić information content (AvgIpc) is 2.83. The lowest BCUT2D eigenvalue weighted by Crippen LogP contribution is -2.36. The predicted octanol–water partition coefficient (Wildman–Crippen LogP) is 2.04. The zero-order valence-corrected chi connectivity index (χ0v) is 12.2. The van der Waals surface area contributed by atoms with Crippen LogP contribution in [0.4, 0.5) is 0 Å². The van der Waals surface area contributed by atoms with Crippen LogP contribution in [0.3, 0.4) is 0 Å². The molecule has 0 aliphatic carbocycles. The molecule has 6 heteroatoms. The molecule has 0 radical (unpaired) electrons. The highest BCUT2D eigenvalue weighted by atomic mass is 32.1. The van der Waals surface area contributed by atoms with Gasteiger partial charge in [0, 0.05) is 37.5 Å². The van der Waals surface area contributed by atoms with Gasteiger partial charge in [-0.15, -0.1) is 11.3 Å². The maximum atomic E-state index is 12.1. The average molecular weight is 284 g/mol. The number of carboxylic acids is 1. The molecule has 1 amide bonds. The Bertz CT molecular complexity index is 404. The first-order valence-corrected chi connectivity index (χ1v) is 7.25. The van der Waals surface area contributed by atoms with Crippen LogP contribution < -0.4 is 0 Å². The Morgan fingerprint density at radius 3 is 2.68 bits per heavy atom. The molecule has 19 heavy (non-hydrogen) atoms. The molecule has 1 N–H and O–H groups in total. The van der Waals surface area contributed by atoms with Crippen molar-refractivity contribution < 1.29 is 14.7 Å². The predicted molar refractivity (Wildman–Crippen MR) is 74.1 cm³/mol. The van der Waals surface area contributed by atoms with Gasteiger partial charge >= 0.3 is 5.97 Å². The fourth-order valence-electron chi connectivity index (χ4n) is 1.74. The number of carboxylic acid groups (broad SMARTS) is 1. The Kier molecular flexibility index (Phi) is 6.49. The molecule has 0 bridgehead atoms. The van der Waals surface area contributed by atoms with Gasteiger partial charge in [0.25, 0.3) is 0 Å². The van der Waals surface area contributed by atoms with E-state index in [1.165, 1.54) is 11.3 Å². The smallest absolute Gasteiger partial charge is 0.305 e. The Morgan fingerprint density at radius 2 is 2.16 bits per heavy atom. The third kappa shape index (κ3) is 6.33. The Hall–Kier alpha value is -1.43. The van der Waals surface area contributed by atoms with E-state index < -0.39 is 5.97 Å². The summed E-state index contributed by atoms with van der Waals surface area (Å²) in [6.45, 7) is 4.91. The highest BCUT2D eigenvalue weighted by Crippen LogP contribution is 2.09. The molecule has 0 atom stereocenters. The van der Waals surface area contributed by atoms with E-state index in [4.69, 9.17) is 5.11 Å². The van der Waals surface area contributed by atoms with E-state index in [1.807, 2.05) is 19.2 Å². The number of thiazole rings is 1. The fraction of sp³-hybridized carbons (Fsp3) is 0.615. The SMILES string of the molecule is CC(C)CN(CCC(=O)O)C(=O)CCc1nccs1. The molecule has 0 unspecified atom stereocenters. The number of hydrogen-bond acceptors (Lipinski definition) is 4. The molecule has 1 rings (SSSR count). The third-order valence-electron chi connectivity index (χ3n) is 2.57. The van der Waals surface area contributed by atoms with Crippen LogP contribution in [0.2, 0.25) is 0 Å². The molecule has 1 heterocycles. The lowest BCUT2D eigenvalue weighted by atomic mass is 10.2. The van der Waals surface area contributed by atoms with Crippen LogP contribution in [0.5, 0.6) is 0 Å². The molecule has 0 aliphatic rings. The highest BCUT2D eigenvalue weighted by Gasteiger charge is 2.16. The molecule has 5 nitrogen and oxygen atoms in total. The zero-order chi connectivity index (χ0) is 14.3. The molecular weight excluding hydrogens is 264 g/mol. The number of rotatable bonds is 8. The number of carbonyl (C=O) groups is 2. The lowest BCUT2D eigenvalue weighted by molar-refractivity contribution is -0.138. The van der Waals surface area contributed by atoms with E-state index in [2.05, 4.69) is 4.98 Å². The maximum absolute atomic E-state index is 12.1. The van der Waals surface area contributed by atoms with E-state index in [9.17, 15) is 9.59 Å². The van der Waals surface area contributed by atoms with Crippen LogP contribution in [0.25, 0.3) is 0 Å². The molecule has 0 saturated carbocycles. The van der Waals surface area contributed by atoms with Crippen LogP contribution in [0.15, 0.2) is 11.6 Å². The summed E-state index contributed by atoms with van der Waals surface area (Å²) in [5, 5.41) is 11.5. The summed E-state index contributed by atoms with van der Waals surface area (Å²) < 4.78 is 0. The van der Waals surface area contributed by atoms with Gasteiger partial charge in [0.05, 0.1) is 11.4 Å². The summed E-state index contributed by atoms with van der Waals surface area (Å²) in [4.78, 5) is 28.5. The minimum absolute atomic E-state index is 0.00425. The van der Waals surface area contributed by atoms with Gasteiger partial charge in [-0.2, -0.15) is 0 Å². The number of hydrogen-bond donors (Lipinski definition) is 1. The van der Waals surface area contributed by atoms with Gasteiger partial charge in [0.1, 0.15) is 0 Å². The van der Waals surface area contributed by atoms with Gasteiger partial charge < -0.3 is 10.0 Å². The lowest BCUT2D eigenvalue weighted by Gasteiger charge is -2.23. The van der Waals surface area contributed by atoms with Crippen molar-refractivity contribution in [1.82, 2.24) is 9.88 Å². The van der Waals surface area contributed by atoms with Gasteiger partial charge in [-0.25, -0.2) is 4.98 Å². The first kappa shape index (κ1) is 15.6. The first-order valence-electron chi connectivity index (χ1n) is 6.37. The zero-order valence-electron chi connectivity index (χ0n) is 11.3. The van der Waals surface area contributed by atoms with Gasteiger partial charge in [-0.1, -0.05) is 13.8 Å². The normalized spacial score (nSPS) is 10.7. The number of nitrogens with zero attached hydrogens (tertiary/aromatic N) is 2. The van der Waals surface area contributed by atoms with Crippen molar-refractivity contribution in [3.63, 3.8) is 0 Å². The second-order valence-electron chi connectivity index (χ2n) is 4.80. The van der Waals surface area contributed by atoms with Crippen molar-refractivity contribution in [1.29, 1.82) is 0 Å². The molecular formula is C13H20N2O3S. The number of amides is 1. The minimum Gasteiger partial charge on any atom is -0.481 e. The number of aryl methyl sites for hydroxylation is 1. The molecule has 106 valence electrons. The van der Waals surface area contributed by atoms with Gasteiger partial charge in [-0.3, -0.25) is 9.59 Å². The van der Waals surface area contributed by atoms with E-state index in [0.717, 1.165) is 5.01 Å². The topological polar surface area (TPSA) is 70.5 Å². The van der Waals surface area contributed by atoms with Gasteiger partial charge in [0.2, 0.25) is 5.91 Å². The second kappa shape index (κ2) is 7.89. The summed E-state index contributed by atoms with van der Waals surface area (Å²) >= 11 is 1.53. The van der Waals surface area contributed by atoms with Crippen LogP contribution in [-0.4, -0.2) is 40.0 Å². The number of aliphatic carboxylic acids is 1. The maximum Gasteiger partial charge on any atom is 0.305 e. The van der Waals surface area contributed by atoms with E-state index in [0.29, 0.717) is 25.3 Å². The molecule has 0 aliphatic heterocycles. The molecule has 0 saturated heterocycles. The van der Waals surface area contributed by atoms with Crippen LogP contribution in [0.1, 0.15) is 31.7 Å². The van der Waals surface area contributed by atoms with Crippen molar-refractivity contribution in [3.8, 4) is 0 Å². The monoisotopic (exact) mass is 284 g/mol. The third-order valence-corrected chi connectivity index (χ3v) is 3.41. The largest absolute Gasteiger partial charge is 0.481 e. The van der Waals surface area contributed by atoms with Crippen molar-refractivity contribution >= 4 is 23.2 Å². The van der Waals surface area contributed by atoms with Crippen molar-refractivity contribution in [2.45, 2.75) is 33.1 Å². The molecule has 0 aromatic carbocycles. The van der Waals surface area contributed by atoms with Crippen LogP contribution >= 0.6 is 11.3 Å².